The van der Waals surface area contributed by atoms with E-state index in [1.165, 1.54) is 56.6 Å². The van der Waals surface area contributed by atoms with E-state index >= 15 is 0 Å². The fourth-order valence-electron chi connectivity index (χ4n) is 2.14. The summed E-state index contributed by atoms with van der Waals surface area (Å²) in [6.07, 6.45) is 0. The van der Waals surface area contributed by atoms with Gasteiger partial charge in [-0.25, -0.2) is 21.1 Å². The first kappa shape index (κ1) is 20.5. The third-order valence-corrected chi connectivity index (χ3v) is 6.95. The molecule has 0 saturated heterocycles. The molecule has 0 fully saturated rings. The van der Waals surface area contributed by atoms with E-state index in [1.807, 2.05) is 6.92 Å². The number of halogens is 1. The van der Waals surface area contributed by atoms with Gasteiger partial charge in [0.15, 0.2) is 0 Å². The molecule has 0 aromatic heterocycles. The van der Waals surface area contributed by atoms with E-state index in [4.69, 9.17) is 11.6 Å². The largest absolute Gasteiger partial charge is 0.384 e. The van der Waals surface area contributed by atoms with Gasteiger partial charge >= 0.3 is 0 Å². The van der Waals surface area contributed by atoms with Crippen molar-refractivity contribution in [3.63, 3.8) is 0 Å². The van der Waals surface area contributed by atoms with E-state index in [9.17, 15) is 16.8 Å². The van der Waals surface area contributed by atoms with Crippen LogP contribution in [0, 0.1) is 0 Å². The minimum absolute atomic E-state index is 0.0158. The molecular formula is C16H20ClN3O4S2. The van der Waals surface area contributed by atoms with Gasteiger partial charge in [-0.2, -0.15) is 0 Å². The quantitative estimate of drug-likeness (QED) is 0.722. The molecule has 0 aliphatic heterocycles. The van der Waals surface area contributed by atoms with Gasteiger partial charge in [0.25, 0.3) is 10.0 Å². The molecule has 2 N–H and O–H groups in total. The third kappa shape index (κ3) is 4.47. The number of sulfonamides is 2. The van der Waals surface area contributed by atoms with E-state index in [0.717, 1.165) is 4.31 Å². The Morgan fingerprint density at radius 3 is 2.04 bits per heavy atom. The van der Waals surface area contributed by atoms with Crippen molar-refractivity contribution in [3.05, 3.63) is 47.5 Å². The fourth-order valence-corrected chi connectivity index (χ4v) is 4.27. The maximum atomic E-state index is 12.6. The van der Waals surface area contributed by atoms with Gasteiger partial charge in [-0.05, 0) is 49.4 Å². The van der Waals surface area contributed by atoms with E-state index in [1.54, 1.807) is 0 Å². The van der Waals surface area contributed by atoms with Crippen LogP contribution in [0.1, 0.15) is 6.92 Å². The van der Waals surface area contributed by atoms with E-state index in [0.29, 0.717) is 17.3 Å². The van der Waals surface area contributed by atoms with E-state index < -0.39 is 20.0 Å². The van der Waals surface area contributed by atoms with E-state index in [-0.39, 0.29) is 15.5 Å². The van der Waals surface area contributed by atoms with Crippen molar-refractivity contribution in [2.45, 2.75) is 16.7 Å². The summed E-state index contributed by atoms with van der Waals surface area (Å²) in [6.45, 7) is 2.39. The van der Waals surface area contributed by atoms with Gasteiger partial charge < -0.3 is 5.32 Å². The van der Waals surface area contributed by atoms with Crippen LogP contribution >= 0.6 is 11.6 Å². The Morgan fingerprint density at radius 1 is 0.923 bits per heavy atom. The number of anilines is 2. The number of nitrogens with one attached hydrogen (secondary N) is 2. The first-order chi connectivity index (χ1) is 12.1. The monoisotopic (exact) mass is 417 g/mol. The summed E-state index contributed by atoms with van der Waals surface area (Å²) in [4.78, 5) is 0.00294. The minimum Gasteiger partial charge on any atom is -0.384 e. The van der Waals surface area contributed by atoms with Crippen LogP contribution in [0.15, 0.2) is 52.3 Å². The zero-order chi connectivity index (χ0) is 19.5. The highest BCUT2D eigenvalue weighted by Gasteiger charge is 2.21. The van der Waals surface area contributed by atoms with Crippen LogP contribution in [0.25, 0.3) is 0 Å². The predicted molar refractivity (Wildman–Crippen MR) is 104 cm³/mol. The first-order valence-corrected chi connectivity index (χ1v) is 11.0. The maximum absolute atomic E-state index is 12.6. The van der Waals surface area contributed by atoms with Crippen LogP contribution in [0.4, 0.5) is 11.4 Å². The molecule has 0 unspecified atom stereocenters. The molecule has 0 bridgehead atoms. The second-order valence-corrected chi connectivity index (χ2v) is 9.86. The van der Waals surface area contributed by atoms with Crippen molar-refractivity contribution in [1.29, 1.82) is 0 Å². The molecule has 0 radical (unpaired) electrons. The molecule has 0 spiro atoms. The zero-order valence-corrected chi connectivity index (χ0v) is 16.9. The van der Waals surface area contributed by atoms with Crippen LogP contribution in [-0.4, -0.2) is 41.8 Å². The number of benzene rings is 2. The smallest absolute Gasteiger partial charge is 0.261 e. The molecule has 142 valence electrons. The Balaban J connectivity index is 2.50. The van der Waals surface area contributed by atoms with Crippen molar-refractivity contribution >= 4 is 43.0 Å². The molecule has 0 heterocycles. The highest BCUT2D eigenvalue weighted by molar-refractivity contribution is 7.92. The molecule has 0 amide bonds. The Bertz CT molecular complexity index is 989. The van der Waals surface area contributed by atoms with Crippen molar-refractivity contribution < 1.29 is 16.8 Å². The molecule has 0 saturated carbocycles. The molecule has 2 aromatic carbocycles. The van der Waals surface area contributed by atoms with Crippen molar-refractivity contribution in [3.8, 4) is 0 Å². The highest BCUT2D eigenvalue weighted by Crippen LogP contribution is 2.29. The second-order valence-electron chi connectivity index (χ2n) is 5.58. The zero-order valence-electron chi connectivity index (χ0n) is 14.5. The molecule has 2 aromatic rings. The Labute approximate surface area is 159 Å². The van der Waals surface area contributed by atoms with Gasteiger partial charge in [-0.15, -0.1) is 0 Å². The lowest BCUT2D eigenvalue weighted by atomic mass is 10.2. The van der Waals surface area contributed by atoms with Crippen LogP contribution in [0.5, 0.6) is 0 Å². The summed E-state index contributed by atoms with van der Waals surface area (Å²) < 4.78 is 53.4. The predicted octanol–water partition coefficient (Wildman–Crippen LogP) is 2.82. The molecule has 0 aliphatic carbocycles. The standard InChI is InChI=1S/C16H20ClN3O4S2/c1-4-18-15-10-9-14(26(23,24)20(2)3)11-16(15)19-25(21,22)13-7-5-12(17)6-8-13/h5-11,18-19H,4H2,1-3H3. The fraction of sp³-hybridized carbons (Fsp3) is 0.250. The number of hydrogen-bond donors (Lipinski definition) is 2. The molecular weight excluding hydrogens is 398 g/mol. The Morgan fingerprint density at radius 2 is 1.50 bits per heavy atom. The molecule has 26 heavy (non-hydrogen) atoms. The Hall–Kier alpha value is -1.81. The summed E-state index contributed by atoms with van der Waals surface area (Å²) in [5.41, 5.74) is 0.618. The van der Waals surface area contributed by atoms with Crippen LogP contribution in [0.2, 0.25) is 5.02 Å². The van der Waals surface area contributed by atoms with E-state index in [2.05, 4.69) is 10.0 Å². The van der Waals surface area contributed by atoms with Gasteiger partial charge in [0, 0.05) is 25.7 Å². The van der Waals surface area contributed by atoms with Gasteiger partial charge in [0.1, 0.15) is 0 Å². The van der Waals surface area contributed by atoms with Gasteiger partial charge in [0.2, 0.25) is 10.0 Å². The lowest BCUT2D eigenvalue weighted by Gasteiger charge is -2.17. The van der Waals surface area contributed by atoms with Crippen LogP contribution in [0.3, 0.4) is 0 Å². The topological polar surface area (TPSA) is 95.6 Å². The van der Waals surface area contributed by atoms with Gasteiger partial charge in [0.05, 0.1) is 21.2 Å². The van der Waals surface area contributed by atoms with Crippen molar-refractivity contribution in [2.75, 3.05) is 30.7 Å². The number of hydrogen-bond acceptors (Lipinski definition) is 5. The summed E-state index contributed by atoms with van der Waals surface area (Å²) in [5.74, 6) is 0. The summed E-state index contributed by atoms with van der Waals surface area (Å²) >= 11 is 5.79. The lowest BCUT2D eigenvalue weighted by Crippen LogP contribution is -2.22. The van der Waals surface area contributed by atoms with Gasteiger partial charge in [-0.3, -0.25) is 4.72 Å². The van der Waals surface area contributed by atoms with Crippen LogP contribution in [-0.2, 0) is 20.0 Å². The van der Waals surface area contributed by atoms with Crippen molar-refractivity contribution in [2.24, 2.45) is 0 Å². The lowest BCUT2D eigenvalue weighted by molar-refractivity contribution is 0.521. The Kier molecular flexibility index (Phi) is 6.17. The third-order valence-electron chi connectivity index (χ3n) is 3.51. The average molecular weight is 418 g/mol. The normalized spacial score (nSPS) is 12.2. The molecule has 7 nitrogen and oxygen atoms in total. The van der Waals surface area contributed by atoms with Gasteiger partial charge in [-0.1, -0.05) is 11.6 Å². The molecule has 10 heteroatoms. The maximum Gasteiger partial charge on any atom is 0.261 e. The second kappa shape index (κ2) is 7.83. The van der Waals surface area contributed by atoms with Crippen LogP contribution < -0.4 is 10.0 Å². The summed E-state index contributed by atoms with van der Waals surface area (Å²) in [7, 11) is -4.80. The SMILES string of the molecule is CCNc1ccc(S(=O)(=O)N(C)C)cc1NS(=O)(=O)c1ccc(Cl)cc1. The summed E-state index contributed by atoms with van der Waals surface area (Å²) in [6, 6.07) is 9.92. The molecule has 0 aliphatic rings. The summed E-state index contributed by atoms with van der Waals surface area (Å²) in [5, 5.41) is 3.42. The number of rotatable bonds is 7. The van der Waals surface area contributed by atoms with Crippen molar-refractivity contribution in [1.82, 2.24) is 4.31 Å². The molecule has 0 atom stereocenters. The highest BCUT2D eigenvalue weighted by atomic mass is 35.5. The average Bonchev–Trinajstić information content (AvgIpc) is 2.56. The number of nitrogens with zero attached hydrogens (tertiary/aromatic N) is 1. The first-order valence-electron chi connectivity index (χ1n) is 7.67. The molecule has 2 rings (SSSR count). The minimum atomic E-state index is -3.91.